The maximum atomic E-state index is 10.3. The Morgan fingerprint density at radius 3 is 2.88 bits per heavy atom. The van der Waals surface area contributed by atoms with E-state index in [-0.39, 0.29) is 6.10 Å². The second kappa shape index (κ2) is 5.67. The van der Waals surface area contributed by atoms with Crippen LogP contribution in [-0.4, -0.2) is 41.8 Å². The van der Waals surface area contributed by atoms with Crippen molar-refractivity contribution >= 4 is 22.9 Å². The minimum absolute atomic E-state index is 0.152. The topological polar surface area (TPSA) is 32.7 Å². The van der Waals surface area contributed by atoms with E-state index in [1.807, 2.05) is 12.1 Å². The maximum Gasteiger partial charge on any atom is 0.116 e. The second-order valence-corrected chi connectivity index (χ2v) is 6.33. The summed E-state index contributed by atoms with van der Waals surface area (Å²) in [7, 11) is 0. The lowest BCUT2D eigenvalue weighted by atomic mass is 10.1. The molecule has 2 rings (SSSR count). The fourth-order valence-corrected chi connectivity index (χ4v) is 3.13. The van der Waals surface area contributed by atoms with Crippen molar-refractivity contribution in [3.8, 4) is 0 Å². The van der Waals surface area contributed by atoms with Gasteiger partial charge in [-0.1, -0.05) is 11.6 Å². The van der Waals surface area contributed by atoms with Crippen LogP contribution >= 0.6 is 22.9 Å². The summed E-state index contributed by atoms with van der Waals surface area (Å²) in [5, 5.41) is 10.3. The van der Waals surface area contributed by atoms with Gasteiger partial charge < -0.3 is 9.84 Å². The molecule has 3 nitrogen and oxygen atoms in total. The summed E-state index contributed by atoms with van der Waals surface area (Å²) in [6.07, 6.45) is -0.727. The number of aliphatic hydroxyl groups excluding tert-OH is 1. The fourth-order valence-electron chi connectivity index (χ4n) is 2.03. The second-order valence-electron chi connectivity index (χ2n) is 4.58. The van der Waals surface area contributed by atoms with E-state index in [1.54, 1.807) is 0 Å². The van der Waals surface area contributed by atoms with Crippen LogP contribution in [0.15, 0.2) is 12.1 Å². The molecule has 1 aliphatic heterocycles. The lowest BCUT2D eigenvalue weighted by molar-refractivity contribution is -0.0951. The Hall–Kier alpha value is -0.130. The molecule has 1 aromatic heterocycles. The molecule has 0 radical (unpaired) electrons. The Kier molecular flexibility index (Phi) is 4.44. The molecule has 0 aromatic carbocycles. The minimum Gasteiger partial charge on any atom is -0.385 e. The summed E-state index contributed by atoms with van der Waals surface area (Å²) in [5.41, 5.74) is 0. The van der Waals surface area contributed by atoms with Crippen LogP contribution in [0.25, 0.3) is 0 Å². The third-order valence-corrected chi connectivity index (χ3v) is 4.39. The normalized spacial score (nSPS) is 24.2. The van der Waals surface area contributed by atoms with Gasteiger partial charge in [0.05, 0.1) is 10.9 Å². The molecule has 1 saturated heterocycles. The highest BCUT2D eigenvalue weighted by molar-refractivity contribution is 7.16. The van der Waals surface area contributed by atoms with Gasteiger partial charge in [-0.3, -0.25) is 4.90 Å². The number of hydrogen-bond donors (Lipinski definition) is 1. The zero-order chi connectivity index (χ0) is 12.4. The molecule has 17 heavy (non-hydrogen) atoms. The Morgan fingerprint density at radius 2 is 2.29 bits per heavy atom. The molecule has 0 aliphatic carbocycles. The largest absolute Gasteiger partial charge is 0.385 e. The highest BCUT2D eigenvalue weighted by Gasteiger charge is 2.29. The molecule has 2 atom stereocenters. The van der Waals surface area contributed by atoms with Crippen LogP contribution in [0.5, 0.6) is 0 Å². The van der Waals surface area contributed by atoms with Crippen LogP contribution in [0.4, 0.5) is 0 Å². The van der Waals surface area contributed by atoms with Crippen LogP contribution in [0.3, 0.4) is 0 Å². The van der Waals surface area contributed by atoms with Crippen molar-refractivity contribution < 1.29 is 9.84 Å². The van der Waals surface area contributed by atoms with Crippen molar-refractivity contribution in [1.29, 1.82) is 0 Å². The number of hydrogen-bond acceptors (Lipinski definition) is 4. The molecule has 96 valence electrons. The van der Waals surface area contributed by atoms with Gasteiger partial charge in [-0.25, -0.2) is 0 Å². The first-order chi connectivity index (χ1) is 8.08. The molecule has 0 bridgehead atoms. The quantitative estimate of drug-likeness (QED) is 0.920. The molecule has 1 aliphatic rings. The predicted molar refractivity (Wildman–Crippen MR) is 70.7 cm³/mol. The average molecular weight is 276 g/mol. The summed E-state index contributed by atoms with van der Waals surface area (Å²) in [6, 6.07) is 4.17. The van der Waals surface area contributed by atoms with Crippen molar-refractivity contribution in [3.63, 3.8) is 0 Å². The standard InChI is InChI=1S/C12H18ClNO2S/c1-8(2)14-5-6-16-9(7-14)12(15)10-3-4-11(13)17-10/h3-4,8-9,12,15H,5-7H2,1-2H3. The van der Waals surface area contributed by atoms with Crippen LogP contribution in [0, 0.1) is 0 Å². The Morgan fingerprint density at radius 1 is 1.53 bits per heavy atom. The first kappa shape index (κ1) is 13.3. The van der Waals surface area contributed by atoms with Crippen molar-refractivity contribution in [2.45, 2.75) is 32.1 Å². The summed E-state index contributed by atoms with van der Waals surface area (Å²) < 4.78 is 6.36. The third-order valence-electron chi connectivity index (χ3n) is 3.09. The van der Waals surface area contributed by atoms with Gasteiger partial charge in [-0.05, 0) is 26.0 Å². The summed E-state index contributed by atoms with van der Waals surface area (Å²) in [6.45, 7) is 6.72. The van der Waals surface area contributed by atoms with Gasteiger partial charge in [-0.15, -0.1) is 11.3 Å². The molecule has 1 N–H and O–H groups in total. The van der Waals surface area contributed by atoms with Gasteiger partial charge in [0.15, 0.2) is 0 Å². The molecule has 2 heterocycles. The summed E-state index contributed by atoms with van der Waals surface area (Å²) in [5.74, 6) is 0. The first-order valence-corrected chi connectivity index (χ1v) is 7.06. The zero-order valence-corrected chi connectivity index (χ0v) is 11.7. The fraction of sp³-hybridized carbons (Fsp3) is 0.667. The third kappa shape index (κ3) is 3.20. The lowest BCUT2D eigenvalue weighted by Crippen LogP contribution is -2.47. The number of thiophene rings is 1. The monoisotopic (exact) mass is 275 g/mol. The number of aliphatic hydroxyl groups is 1. The van der Waals surface area contributed by atoms with E-state index in [0.717, 1.165) is 18.0 Å². The SMILES string of the molecule is CC(C)N1CCOC(C(O)c2ccc(Cl)s2)C1. The van der Waals surface area contributed by atoms with E-state index in [9.17, 15) is 5.11 Å². The Balaban J connectivity index is 2.02. The van der Waals surface area contributed by atoms with Crippen LogP contribution in [0.2, 0.25) is 4.34 Å². The van der Waals surface area contributed by atoms with Crippen molar-refractivity contribution in [3.05, 3.63) is 21.3 Å². The van der Waals surface area contributed by atoms with Gasteiger partial charge in [0, 0.05) is 24.0 Å². The summed E-state index contributed by atoms with van der Waals surface area (Å²) >= 11 is 7.29. The van der Waals surface area contributed by atoms with Gasteiger partial charge in [0.2, 0.25) is 0 Å². The van der Waals surface area contributed by atoms with Gasteiger partial charge in [-0.2, -0.15) is 0 Å². The van der Waals surface area contributed by atoms with E-state index in [2.05, 4.69) is 18.7 Å². The highest BCUT2D eigenvalue weighted by atomic mass is 35.5. The van der Waals surface area contributed by atoms with Gasteiger partial charge >= 0.3 is 0 Å². The van der Waals surface area contributed by atoms with Gasteiger partial charge in [0.25, 0.3) is 0 Å². The number of rotatable bonds is 3. The molecule has 0 saturated carbocycles. The minimum atomic E-state index is -0.575. The average Bonchev–Trinajstić information content (AvgIpc) is 2.75. The first-order valence-electron chi connectivity index (χ1n) is 5.87. The smallest absolute Gasteiger partial charge is 0.116 e. The Bertz CT molecular complexity index is 369. The van der Waals surface area contributed by atoms with Crippen molar-refractivity contribution in [2.75, 3.05) is 19.7 Å². The van der Waals surface area contributed by atoms with E-state index in [4.69, 9.17) is 16.3 Å². The molecule has 2 unspecified atom stereocenters. The molecule has 0 amide bonds. The Labute approximate surface area is 111 Å². The van der Waals surface area contributed by atoms with Crippen molar-refractivity contribution in [1.82, 2.24) is 4.90 Å². The number of ether oxygens (including phenoxy) is 1. The molecule has 1 aromatic rings. The molecular weight excluding hydrogens is 258 g/mol. The maximum absolute atomic E-state index is 10.3. The van der Waals surface area contributed by atoms with E-state index in [1.165, 1.54) is 11.3 Å². The zero-order valence-electron chi connectivity index (χ0n) is 10.1. The van der Waals surface area contributed by atoms with E-state index < -0.39 is 6.10 Å². The number of nitrogens with zero attached hydrogens (tertiary/aromatic N) is 1. The number of morpholine rings is 1. The predicted octanol–water partition coefficient (Wildman–Crippen LogP) is 2.54. The highest BCUT2D eigenvalue weighted by Crippen LogP contribution is 2.31. The van der Waals surface area contributed by atoms with Crippen LogP contribution < -0.4 is 0 Å². The van der Waals surface area contributed by atoms with E-state index in [0.29, 0.717) is 17.0 Å². The summed E-state index contributed by atoms with van der Waals surface area (Å²) in [4.78, 5) is 3.21. The van der Waals surface area contributed by atoms with Crippen LogP contribution in [-0.2, 0) is 4.74 Å². The molecule has 1 fully saturated rings. The van der Waals surface area contributed by atoms with Crippen LogP contribution in [0.1, 0.15) is 24.8 Å². The van der Waals surface area contributed by atoms with Gasteiger partial charge in [0.1, 0.15) is 12.2 Å². The molecule has 5 heteroatoms. The number of halogens is 1. The van der Waals surface area contributed by atoms with E-state index >= 15 is 0 Å². The van der Waals surface area contributed by atoms with Crippen molar-refractivity contribution in [2.24, 2.45) is 0 Å². The molecular formula is C12H18ClNO2S. The lowest BCUT2D eigenvalue weighted by Gasteiger charge is -2.37. The molecule has 0 spiro atoms.